The second-order valence-corrected chi connectivity index (χ2v) is 4.07. The lowest BCUT2D eigenvalue weighted by Gasteiger charge is -2.01. The molecule has 0 aliphatic carbocycles. The van der Waals surface area contributed by atoms with Crippen LogP contribution in [-0.4, -0.2) is 13.6 Å². The summed E-state index contributed by atoms with van der Waals surface area (Å²) in [7, 11) is 1.96. The molecule has 0 atom stereocenters. The lowest BCUT2D eigenvalue weighted by atomic mass is 10.1. The molecule has 2 heteroatoms. The Balaban J connectivity index is 2.47. The maximum Gasteiger partial charge on any atom is 0.0443 e. The second-order valence-electron chi connectivity index (χ2n) is 3.66. The summed E-state index contributed by atoms with van der Waals surface area (Å²) in [4.78, 5) is 0. The highest BCUT2D eigenvalue weighted by Crippen LogP contribution is 2.18. The van der Waals surface area contributed by atoms with Crippen molar-refractivity contribution in [3.8, 4) is 0 Å². The van der Waals surface area contributed by atoms with E-state index in [1.165, 1.54) is 11.1 Å². The fraction of sp³-hybridized carbons (Fsp3) is 0.385. The molecule has 0 bridgehead atoms. The molecule has 82 valence electrons. The Bertz CT molecular complexity index is 331. The first kappa shape index (κ1) is 12.3. The molecule has 0 aliphatic heterocycles. The number of halogens is 1. The molecule has 15 heavy (non-hydrogen) atoms. The molecule has 0 amide bonds. The van der Waals surface area contributed by atoms with Crippen LogP contribution in [0, 0.1) is 6.92 Å². The fourth-order valence-electron chi connectivity index (χ4n) is 1.37. The van der Waals surface area contributed by atoms with Crippen molar-refractivity contribution < 1.29 is 0 Å². The van der Waals surface area contributed by atoms with E-state index in [0.717, 1.165) is 24.4 Å². The number of rotatable bonds is 5. The van der Waals surface area contributed by atoms with Crippen molar-refractivity contribution in [1.29, 1.82) is 0 Å². The van der Waals surface area contributed by atoms with Crippen LogP contribution in [0.25, 0.3) is 0 Å². The molecule has 1 aromatic rings. The van der Waals surface area contributed by atoms with E-state index in [1.807, 2.05) is 13.1 Å². The topological polar surface area (TPSA) is 12.0 Å². The van der Waals surface area contributed by atoms with Gasteiger partial charge in [-0.1, -0.05) is 35.9 Å². The zero-order chi connectivity index (χ0) is 11.1. The quantitative estimate of drug-likeness (QED) is 0.596. The lowest BCUT2D eigenvalue weighted by molar-refractivity contribution is 0.806. The maximum absolute atomic E-state index is 6.12. The monoisotopic (exact) mass is 223 g/mol. The molecular weight excluding hydrogens is 206 g/mol. The Hall–Kier alpha value is -0.790. The van der Waals surface area contributed by atoms with Gasteiger partial charge in [0.2, 0.25) is 0 Å². The third-order valence-electron chi connectivity index (χ3n) is 2.27. The molecular formula is C13H18ClN. The summed E-state index contributed by atoms with van der Waals surface area (Å²) in [6, 6.07) is 6.21. The van der Waals surface area contributed by atoms with E-state index >= 15 is 0 Å². The molecule has 1 rings (SSSR count). The predicted molar refractivity (Wildman–Crippen MR) is 67.6 cm³/mol. The molecule has 0 fully saturated rings. The highest BCUT2D eigenvalue weighted by atomic mass is 35.5. The first-order chi connectivity index (χ1) is 7.24. The normalized spacial score (nSPS) is 11.1. The third-order valence-corrected chi connectivity index (χ3v) is 2.63. The molecule has 1 aromatic carbocycles. The van der Waals surface area contributed by atoms with Gasteiger partial charge in [-0.2, -0.15) is 0 Å². The van der Waals surface area contributed by atoms with Crippen molar-refractivity contribution in [3.05, 3.63) is 46.5 Å². The zero-order valence-corrected chi connectivity index (χ0v) is 10.1. The van der Waals surface area contributed by atoms with Crippen LogP contribution in [0.1, 0.15) is 17.5 Å². The maximum atomic E-state index is 6.12. The molecule has 0 spiro atoms. The van der Waals surface area contributed by atoms with Gasteiger partial charge >= 0.3 is 0 Å². The Kier molecular flexibility index (Phi) is 5.44. The number of hydrogen-bond acceptors (Lipinski definition) is 1. The van der Waals surface area contributed by atoms with Crippen LogP contribution in [0.2, 0.25) is 5.02 Å². The Labute approximate surface area is 97.1 Å². The van der Waals surface area contributed by atoms with Gasteiger partial charge in [-0.05, 0) is 50.6 Å². The Morgan fingerprint density at radius 3 is 2.80 bits per heavy atom. The van der Waals surface area contributed by atoms with Crippen LogP contribution < -0.4 is 5.32 Å². The van der Waals surface area contributed by atoms with E-state index in [-0.39, 0.29) is 0 Å². The minimum Gasteiger partial charge on any atom is -0.319 e. The van der Waals surface area contributed by atoms with Crippen molar-refractivity contribution in [1.82, 2.24) is 5.32 Å². The van der Waals surface area contributed by atoms with Crippen LogP contribution in [0.15, 0.2) is 30.4 Å². The molecule has 0 saturated heterocycles. The van der Waals surface area contributed by atoms with Gasteiger partial charge in [0.1, 0.15) is 0 Å². The number of hydrogen-bond donors (Lipinski definition) is 1. The smallest absolute Gasteiger partial charge is 0.0443 e. The van der Waals surface area contributed by atoms with E-state index in [9.17, 15) is 0 Å². The Morgan fingerprint density at radius 2 is 2.13 bits per heavy atom. The van der Waals surface area contributed by atoms with Crippen LogP contribution in [-0.2, 0) is 6.42 Å². The van der Waals surface area contributed by atoms with Gasteiger partial charge in [0.15, 0.2) is 0 Å². The summed E-state index contributed by atoms with van der Waals surface area (Å²) in [5, 5.41) is 3.98. The van der Waals surface area contributed by atoms with Gasteiger partial charge < -0.3 is 5.32 Å². The van der Waals surface area contributed by atoms with E-state index in [2.05, 4.69) is 36.5 Å². The second kappa shape index (κ2) is 6.65. The van der Waals surface area contributed by atoms with Gasteiger partial charge in [0.25, 0.3) is 0 Å². The summed E-state index contributed by atoms with van der Waals surface area (Å²) in [6.45, 7) is 3.08. The summed E-state index contributed by atoms with van der Waals surface area (Å²) in [5.41, 5.74) is 2.41. The van der Waals surface area contributed by atoms with E-state index < -0.39 is 0 Å². The van der Waals surface area contributed by atoms with Crippen molar-refractivity contribution in [2.45, 2.75) is 19.8 Å². The minimum absolute atomic E-state index is 0.869. The van der Waals surface area contributed by atoms with Gasteiger partial charge in [0, 0.05) is 5.02 Å². The summed E-state index contributed by atoms with van der Waals surface area (Å²) < 4.78 is 0. The lowest BCUT2D eigenvalue weighted by Crippen LogP contribution is -2.05. The number of aryl methyl sites for hydroxylation is 1. The number of benzene rings is 1. The standard InChI is InChI=1S/C13H18ClN/c1-11-7-8-12(13(14)10-11)6-4-3-5-9-15-2/h3-4,7-8,10,15H,5-6,9H2,1-2H3/b4-3+. The van der Waals surface area contributed by atoms with Gasteiger partial charge in [0.05, 0.1) is 0 Å². The Morgan fingerprint density at radius 1 is 1.33 bits per heavy atom. The minimum atomic E-state index is 0.869. The summed E-state index contributed by atoms with van der Waals surface area (Å²) in [6.07, 6.45) is 6.35. The average Bonchev–Trinajstić information content (AvgIpc) is 2.20. The third kappa shape index (κ3) is 4.50. The van der Waals surface area contributed by atoms with Crippen LogP contribution >= 0.6 is 11.6 Å². The zero-order valence-electron chi connectivity index (χ0n) is 9.39. The van der Waals surface area contributed by atoms with E-state index in [1.54, 1.807) is 0 Å². The summed E-state index contributed by atoms with van der Waals surface area (Å²) >= 11 is 6.12. The van der Waals surface area contributed by atoms with E-state index in [4.69, 9.17) is 11.6 Å². The molecule has 1 N–H and O–H groups in total. The predicted octanol–water partition coefficient (Wildman–Crippen LogP) is 3.36. The SMILES string of the molecule is CNCC/C=C/Cc1ccc(C)cc1Cl. The van der Waals surface area contributed by atoms with Gasteiger partial charge in [-0.15, -0.1) is 0 Å². The molecule has 1 nitrogen and oxygen atoms in total. The first-order valence-electron chi connectivity index (χ1n) is 5.28. The van der Waals surface area contributed by atoms with E-state index in [0.29, 0.717) is 0 Å². The first-order valence-corrected chi connectivity index (χ1v) is 5.66. The van der Waals surface area contributed by atoms with Crippen molar-refractivity contribution in [2.24, 2.45) is 0 Å². The molecule has 0 saturated carbocycles. The molecule has 0 aliphatic rings. The summed E-state index contributed by atoms with van der Waals surface area (Å²) in [5.74, 6) is 0. The molecule has 0 heterocycles. The van der Waals surface area contributed by atoms with Crippen LogP contribution in [0.3, 0.4) is 0 Å². The van der Waals surface area contributed by atoms with Crippen molar-refractivity contribution >= 4 is 11.6 Å². The van der Waals surface area contributed by atoms with Crippen molar-refractivity contribution in [3.63, 3.8) is 0 Å². The number of allylic oxidation sites excluding steroid dienone is 1. The largest absolute Gasteiger partial charge is 0.319 e. The number of nitrogens with one attached hydrogen (secondary N) is 1. The van der Waals surface area contributed by atoms with Gasteiger partial charge in [-0.25, -0.2) is 0 Å². The average molecular weight is 224 g/mol. The molecule has 0 unspecified atom stereocenters. The molecule has 0 radical (unpaired) electrons. The van der Waals surface area contributed by atoms with Crippen LogP contribution in [0.5, 0.6) is 0 Å². The van der Waals surface area contributed by atoms with Crippen molar-refractivity contribution in [2.75, 3.05) is 13.6 Å². The fourth-order valence-corrected chi connectivity index (χ4v) is 1.69. The molecule has 0 aromatic heterocycles. The highest BCUT2D eigenvalue weighted by molar-refractivity contribution is 6.31. The van der Waals surface area contributed by atoms with Gasteiger partial charge in [-0.3, -0.25) is 0 Å². The highest BCUT2D eigenvalue weighted by Gasteiger charge is 1.97. The van der Waals surface area contributed by atoms with Crippen LogP contribution in [0.4, 0.5) is 0 Å².